The van der Waals surface area contributed by atoms with E-state index in [4.69, 9.17) is 4.74 Å². The number of ether oxygens (including phenoxy) is 1. The molecule has 1 fully saturated rings. The van der Waals surface area contributed by atoms with Crippen LogP contribution in [0.15, 0.2) is 164 Å². The summed E-state index contributed by atoms with van der Waals surface area (Å²) in [7, 11) is 0. The summed E-state index contributed by atoms with van der Waals surface area (Å²) >= 11 is 0. The van der Waals surface area contributed by atoms with Gasteiger partial charge in [-0.15, -0.1) is 0 Å². The number of nitrogens with one attached hydrogen (secondary N) is 3. The van der Waals surface area contributed by atoms with Gasteiger partial charge in [-0.3, -0.25) is 16.0 Å². The summed E-state index contributed by atoms with van der Waals surface area (Å²) in [6.07, 6.45) is -0.324. The molecule has 4 nitrogen and oxygen atoms in total. The Hall–Kier alpha value is -5.52. The molecule has 0 saturated carbocycles. The van der Waals surface area contributed by atoms with Crippen LogP contribution in [0.5, 0.6) is 11.5 Å². The van der Waals surface area contributed by atoms with Crippen LogP contribution in [-0.4, -0.2) is 0 Å². The van der Waals surface area contributed by atoms with Crippen LogP contribution in [0.4, 0.5) is 0 Å². The lowest BCUT2D eigenvalue weighted by atomic mass is 9.66. The highest BCUT2D eigenvalue weighted by Crippen LogP contribution is 2.62. The molecule has 4 heteroatoms. The Kier molecular flexibility index (Phi) is 6.18. The summed E-state index contributed by atoms with van der Waals surface area (Å²) in [6, 6.07) is 58.9. The lowest BCUT2D eigenvalue weighted by molar-refractivity contribution is 0.204. The van der Waals surface area contributed by atoms with Crippen molar-refractivity contribution >= 4 is 10.8 Å². The van der Waals surface area contributed by atoms with Crippen LogP contribution < -0.4 is 20.7 Å². The molecule has 2 heterocycles. The quantitative estimate of drug-likeness (QED) is 0.184. The van der Waals surface area contributed by atoms with E-state index < -0.39 is 5.41 Å². The fraction of sp³-hybridized carbons (Fsp3) is 0.0909. The van der Waals surface area contributed by atoms with Gasteiger partial charge < -0.3 is 4.74 Å². The fourth-order valence-corrected chi connectivity index (χ4v) is 8.52. The Balaban J connectivity index is 1.20. The van der Waals surface area contributed by atoms with Crippen LogP contribution in [0.2, 0.25) is 0 Å². The van der Waals surface area contributed by atoms with E-state index in [1.54, 1.807) is 0 Å². The molecular weight excluding hydrogens is 587 g/mol. The van der Waals surface area contributed by atoms with Crippen molar-refractivity contribution in [2.24, 2.45) is 0 Å². The Morgan fingerprint density at radius 2 is 0.958 bits per heavy atom. The van der Waals surface area contributed by atoms with Crippen molar-refractivity contribution in [3.63, 3.8) is 0 Å². The van der Waals surface area contributed by atoms with Gasteiger partial charge >= 0.3 is 0 Å². The molecule has 1 aliphatic carbocycles. The molecule has 10 rings (SSSR count). The lowest BCUT2D eigenvalue weighted by Gasteiger charge is -2.41. The molecule has 3 aliphatic rings. The van der Waals surface area contributed by atoms with Crippen LogP contribution in [0.3, 0.4) is 0 Å². The van der Waals surface area contributed by atoms with Crippen molar-refractivity contribution in [1.29, 1.82) is 0 Å². The summed E-state index contributed by atoms with van der Waals surface area (Å²) < 4.78 is 6.57. The van der Waals surface area contributed by atoms with E-state index in [1.165, 1.54) is 60.8 Å². The Bertz CT molecular complexity index is 2300. The third kappa shape index (κ3) is 3.94. The first kappa shape index (κ1) is 27.6. The summed E-state index contributed by atoms with van der Waals surface area (Å²) in [5, 5.41) is 14.4. The molecule has 0 radical (unpaired) electrons. The topological polar surface area (TPSA) is 45.3 Å². The summed E-state index contributed by atoms with van der Waals surface area (Å²) in [4.78, 5) is 0. The Morgan fingerprint density at radius 1 is 0.417 bits per heavy atom. The van der Waals surface area contributed by atoms with Gasteiger partial charge in [0.25, 0.3) is 0 Å². The minimum absolute atomic E-state index is 0.0765. The van der Waals surface area contributed by atoms with Crippen molar-refractivity contribution in [3.8, 4) is 22.6 Å². The van der Waals surface area contributed by atoms with E-state index in [1.807, 2.05) is 0 Å². The van der Waals surface area contributed by atoms with Gasteiger partial charge in [-0.25, -0.2) is 0 Å². The molecule has 0 aromatic heterocycles. The fourth-order valence-electron chi connectivity index (χ4n) is 8.52. The maximum absolute atomic E-state index is 6.57. The van der Waals surface area contributed by atoms with Crippen molar-refractivity contribution < 1.29 is 4.74 Å². The maximum atomic E-state index is 6.57. The Morgan fingerprint density at radius 3 is 1.75 bits per heavy atom. The molecule has 3 atom stereocenters. The lowest BCUT2D eigenvalue weighted by Crippen LogP contribution is -2.54. The SMILES string of the molecule is c1ccc(C2NC(c3cccc4c3-c3ccccc3C43c4ccccc4Oc4ccccc43)NC(c3cccc4ccccc34)N2)cc1. The summed E-state index contributed by atoms with van der Waals surface area (Å²) in [5.41, 5.74) is 10.6. The first-order valence-corrected chi connectivity index (χ1v) is 16.7. The number of para-hydroxylation sites is 2. The molecule has 230 valence electrons. The smallest absolute Gasteiger partial charge is 0.132 e. The second kappa shape index (κ2) is 10.8. The number of benzene rings is 7. The normalized spacial score (nSPS) is 20.0. The molecule has 7 aromatic carbocycles. The highest BCUT2D eigenvalue weighted by molar-refractivity contribution is 5.90. The molecule has 3 N–H and O–H groups in total. The van der Waals surface area contributed by atoms with Crippen LogP contribution in [0.25, 0.3) is 21.9 Å². The van der Waals surface area contributed by atoms with Gasteiger partial charge in [-0.2, -0.15) is 0 Å². The van der Waals surface area contributed by atoms with Crippen molar-refractivity contribution in [2.45, 2.75) is 23.9 Å². The van der Waals surface area contributed by atoms with Gasteiger partial charge in [-0.1, -0.05) is 152 Å². The van der Waals surface area contributed by atoms with E-state index in [0.29, 0.717) is 0 Å². The number of fused-ring (bicyclic) bond motifs is 10. The van der Waals surface area contributed by atoms with E-state index in [-0.39, 0.29) is 18.5 Å². The van der Waals surface area contributed by atoms with Gasteiger partial charge in [0.1, 0.15) is 11.5 Å². The summed E-state index contributed by atoms with van der Waals surface area (Å²) in [5.74, 6) is 1.81. The van der Waals surface area contributed by atoms with Crippen molar-refractivity contribution in [1.82, 2.24) is 16.0 Å². The van der Waals surface area contributed by atoms with Crippen LogP contribution in [0, 0.1) is 0 Å². The van der Waals surface area contributed by atoms with Gasteiger partial charge in [0.05, 0.1) is 23.9 Å². The van der Waals surface area contributed by atoms with Gasteiger partial charge in [0.2, 0.25) is 0 Å². The van der Waals surface area contributed by atoms with Gasteiger partial charge in [0, 0.05) is 11.1 Å². The van der Waals surface area contributed by atoms with Crippen molar-refractivity contribution in [2.75, 3.05) is 0 Å². The average Bonchev–Trinajstić information content (AvgIpc) is 3.46. The van der Waals surface area contributed by atoms with E-state index >= 15 is 0 Å². The number of hydrogen-bond acceptors (Lipinski definition) is 4. The van der Waals surface area contributed by atoms with Crippen LogP contribution in [0.1, 0.15) is 57.4 Å². The zero-order chi connectivity index (χ0) is 31.7. The standard InChI is InChI=1S/C44H33N3O/c1-2-15-29(16-3-1)41-45-42(31-20-12-17-28-14-4-5-18-30(28)31)47-43(46-41)33-21-13-25-37-40(33)32-19-6-7-22-34(32)44(37)35-23-8-10-26-38(35)48-39-27-11-9-24-36(39)44/h1-27,41-43,45-47H. The summed E-state index contributed by atoms with van der Waals surface area (Å²) in [6.45, 7) is 0. The predicted octanol–water partition coefficient (Wildman–Crippen LogP) is 9.49. The van der Waals surface area contributed by atoms with Crippen LogP contribution in [-0.2, 0) is 5.41 Å². The van der Waals surface area contributed by atoms with E-state index in [0.717, 1.165) is 11.5 Å². The Labute approximate surface area is 280 Å². The molecular formula is C44H33N3O. The monoisotopic (exact) mass is 619 g/mol. The largest absolute Gasteiger partial charge is 0.457 e. The first-order valence-electron chi connectivity index (χ1n) is 16.7. The number of hydrogen-bond donors (Lipinski definition) is 3. The highest BCUT2D eigenvalue weighted by atomic mass is 16.5. The average molecular weight is 620 g/mol. The number of rotatable bonds is 3. The molecule has 1 spiro atoms. The minimum Gasteiger partial charge on any atom is -0.457 e. The van der Waals surface area contributed by atoms with Gasteiger partial charge in [0.15, 0.2) is 0 Å². The maximum Gasteiger partial charge on any atom is 0.132 e. The van der Waals surface area contributed by atoms with Gasteiger partial charge in [-0.05, 0) is 61.8 Å². The second-order valence-corrected chi connectivity index (χ2v) is 12.9. The van der Waals surface area contributed by atoms with Crippen molar-refractivity contribution in [3.05, 3.63) is 203 Å². The molecule has 0 amide bonds. The third-order valence-corrected chi connectivity index (χ3v) is 10.5. The molecule has 1 saturated heterocycles. The molecule has 3 unspecified atom stereocenters. The van der Waals surface area contributed by atoms with E-state index in [9.17, 15) is 0 Å². The van der Waals surface area contributed by atoms with E-state index in [2.05, 4.69) is 180 Å². The zero-order valence-corrected chi connectivity index (χ0v) is 26.2. The second-order valence-electron chi connectivity index (χ2n) is 12.9. The molecule has 2 aliphatic heterocycles. The third-order valence-electron chi connectivity index (χ3n) is 10.5. The molecule has 7 aromatic rings. The highest BCUT2D eigenvalue weighted by Gasteiger charge is 2.52. The van der Waals surface area contributed by atoms with Crippen LogP contribution >= 0.6 is 0 Å². The minimum atomic E-state index is -0.506. The predicted molar refractivity (Wildman–Crippen MR) is 192 cm³/mol. The zero-order valence-electron chi connectivity index (χ0n) is 26.2. The molecule has 48 heavy (non-hydrogen) atoms. The molecule has 0 bridgehead atoms. The first-order chi connectivity index (χ1) is 23.8.